The second-order valence-electron chi connectivity index (χ2n) is 7.52. The van der Waals surface area contributed by atoms with Gasteiger partial charge in [0.2, 0.25) is 10.0 Å². The molecule has 0 saturated carbocycles. The highest BCUT2D eigenvalue weighted by Gasteiger charge is 2.26. The molecule has 8 heteroatoms. The Labute approximate surface area is 192 Å². The van der Waals surface area contributed by atoms with Gasteiger partial charge in [0, 0.05) is 23.7 Å². The first-order valence-electron chi connectivity index (χ1n) is 10.2. The van der Waals surface area contributed by atoms with Gasteiger partial charge in [0.1, 0.15) is 5.75 Å². The Morgan fingerprint density at radius 2 is 1.69 bits per heavy atom. The Morgan fingerprint density at radius 3 is 2.38 bits per heavy atom. The van der Waals surface area contributed by atoms with Crippen LogP contribution in [0.25, 0.3) is 11.1 Å². The highest BCUT2D eigenvalue weighted by molar-refractivity contribution is 7.89. The molecule has 166 valence electrons. The summed E-state index contributed by atoms with van der Waals surface area (Å²) in [6.07, 6.45) is 1.79. The monoisotopic (exact) mass is 470 g/mol. The van der Waals surface area contributed by atoms with Crippen LogP contribution in [0.3, 0.4) is 0 Å². The maximum absolute atomic E-state index is 12.8. The number of amides is 1. The number of nitrogens with zero attached hydrogens (tertiary/aromatic N) is 1. The second-order valence-corrected chi connectivity index (χ2v) is 9.89. The van der Waals surface area contributed by atoms with E-state index in [1.165, 1.54) is 11.4 Å². The van der Waals surface area contributed by atoms with Crippen molar-refractivity contribution in [1.82, 2.24) is 4.31 Å². The first-order valence-corrected chi connectivity index (χ1v) is 12.1. The van der Waals surface area contributed by atoms with Gasteiger partial charge in [-0.1, -0.05) is 35.9 Å². The molecule has 1 N–H and O–H groups in total. The Kier molecular flexibility index (Phi) is 6.50. The maximum atomic E-state index is 12.8. The Balaban J connectivity index is 1.55. The summed E-state index contributed by atoms with van der Waals surface area (Å²) in [6, 6.07) is 18.9. The van der Waals surface area contributed by atoms with E-state index < -0.39 is 10.0 Å². The van der Waals surface area contributed by atoms with Gasteiger partial charge in [-0.2, -0.15) is 4.31 Å². The van der Waals surface area contributed by atoms with Gasteiger partial charge in [0.25, 0.3) is 5.91 Å². The molecule has 1 aliphatic rings. The average molecular weight is 471 g/mol. The molecule has 0 unspecified atom stereocenters. The minimum absolute atomic E-state index is 0.282. The summed E-state index contributed by atoms with van der Waals surface area (Å²) in [7, 11) is -1.94. The number of carbonyl (C=O) groups is 1. The number of halogens is 1. The summed E-state index contributed by atoms with van der Waals surface area (Å²) in [4.78, 5) is 13.1. The molecule has 0 atom stereocenters. The van der Waals surface area contributed by atoms with Crippen molar-refractivity contribution in [3.8, 4) is 16.9 Å². The van der Waals surface area contributed by atoms with Gasteiger partial charge in [0.15, 0.2) is 0 Å². The minimum atomic E-state index is -3.46. The zero-order valence-corrected chi connectivity index (χ0v) is 19.1. The van der Waals surface area contributed by atoms with Crippen molar-refractivity contribution >= 4 is 33.2 Å². The molecule has 1 amide bonds. The van der Waals surface area contributed by atoms with Gasteiger partial charge >= 0.3 is 0 Å². The number of hydrogen-bond acceptors (Lipinski definition) is 4. The third-order valence-corrected chi connectivity index (χ3v) is 7.57. The summed E-state index contributed by atoms with van der Waals surface area (Å²) < 4.78 is 32.3. The van der Waals surface area contributed by atoms with E-state index in [9.17, 15) is 13.2 Å². The third-order valence-electron chi connectivity index (χ3n) is 5.42. The van der Waals surface area contributed by atoms with E-state index in [0.29, 0.717) is 35.1 Å². The lowest BCUT2D eigenvalue weighted by Gasteiger charge is -2.15. The molecule has 0 radical (unpaired) electrons. The molecule has 1 aliphatic heterocycles. The zero-order chi connectivity index (χ0) is 22.7. The average Bonchev–Trinajstić information content (AvgIpc) is 3.35. The van der Waals surface area contributed by atoms with Crippen molar-refractivity contribution in [2.75, 3.05) is 25.5 Å². The molecule has 0 spiro atoms. The molecule has 3 aromatic rings. The predicted octanol–water partition coefficient (Wildman–Crippen LogP) is 5.05. The van der Waals surface area contributed by atoms with Crippen LogP contribution in [-0.2, 0) is 10.0 Å². The van der Waals surface area contributed by atoms with Crippen molar-refractivity contribution < 1.29 is 17.9 Å². The highest BCUT2D eigenvalue weighted by atomic mass is 35.5. The molecule has 1 heterocycles. The van der Waals surface area contributed by atoms with Crippen molar-refractivity contribution in [1.29, 1.82) is 0 Å². The van der Waals surface area contributed by atoms with Gasteiger partial charge in [-0.05, 0) is 66.4 Å². The van der Waals surface area contributed by atoms with Crippen LogP contribution in [0.1, 0.15) is 23.2 Å². The molecule has 0 aliphatic carbocycles. The summed E-state index contributed by atoms with van der Waals surface area (Å²) in [5.74, 6) is 0.203. The van der Waals surface area contributed by atoms with E-state index in [4.69, 9.17) is 16.3 Å². The number of rotatable bonds is 6. The molecule has 0 bridgehead atoms. The summed E-state index contributed by atoms with van der Waals surface area (Å²) in [6.45, 7) is 1.14. The zero-order valence-electron chi connectivity index (χ0n) is 17.5. The maximum Gasteiger partial charge on any atom is 0.255 e. The van der Waals surface area contributed by atoms with Gasteiger partial charge in [-0.25, -0.2) is 8.42 Å². The lowest BCUT2D eigenvalue weighted by atomic mass is 10.0. The van der Waals surface area contributed by atoms with E-state index >= 15 is 0 Å². The quantitative estimate of drug-likeness (QED) is 0.546. The standard InChI is InChI=1S/C24H23ClN2O4S/c1-31-23-12-9-20(25)16-22(23)26-24(28)19-6-4-5-18(15-19)17-7-10-21(11-8-17)32(29,30)27-13-2-3-14-27/h4-12,15-16H,2-3,13-14H2,1H3,(H,26,28). The fourth-order valence-corrected chi connectivity index (χ4v) is 5.40. The highest BCUT2D eigenvalue weighted by Crippen LogP contribution is 2.29. The van der Waals surface area contributed by atoms with Crippen LogP contribution < -0.4 is 10.1 Å². The number of sulfonamides is 1. The smallest absolute Gasteiger partial charge is 0.255 e. The van der Waals surface area contributed by atoms with Crippen molar-refractivity contribution in [2.45, 2.75) is 17.7 Å². The SMILES string of the molecule is COc1ccc(Cl)cc1NC(=O)c1cccc(-c2ccc(S(=O)(=O)N3CCCC3)cc2)c1. The first kappa shape index (κ1) is 22.3. The molecule has 1 saturated heterocycles. The lowest BCUT2D eigenvalue weighted by Crippen LogP contribution is -2.27. The van der Waals surface area contributed by atoms with Crippen LogP contribution in [-0.4, -0.2) is 38.8 Å². The van der Waals surface area contributed by atoms with E-state index in [0.717, 1.165) is 24.0 Å². The Bertz CT molecular complexity index is 1240. The van der Waals surface area contributed by atoms with Crippen LogP contribution in [0.15, 0.2) is 71.6 Å². The van der Waals surface area contributed by atoms with Gasteiger partial charge in [-0.3, -0.25) is 4.79 Å². The van der Waals surface area contributed by atoms with Crippen molar-refractivity contribution in [2.24, 2.45) is 0 Å². The van der Waals surface area contributed by atoms with Crippen LogP contribution in [0.4, 0.5) is 5.69 Å². The largest absolute Gasteiger partial charge is 0.495 e. The van der Waals surface area contributed by atoms with Crippen molar-refractivity contribution in [3.63, 3.8) is 0 Å². The van der Waals surface area contributed by atoms with Gasteiger partial charge in [-0.15, -0.1) is 0 Å². The number of benzene rings is 3. The summed E-state index contributed by atoms with van der Waals surface area (Å²) in [5, 5.41) is 3.31. The van der Waals surface area contributed by atoms with Crippen LogP contribution in [0, 0.1) is 0 Å². The summed E-state index contributed by atoms with van der Waals surface area (Å²) in [5.41, 5.74) is 2.56. The first-order chi connectivity index (χ1) is 15.4. The molecule has 0 aromatic heterocycles. The molecule has 1 fully saturated rings. The fraction of sp³-hybridized carbons (Fsp3) is 0.208. The topological polar surface area (TPSA) is 75.7 Å². The molecular formula is C24H23ClN2O4S. The van der Waals surface area contributed by atoms with Crippen LogP contribution in [0.5, 0.6) is 5.75 Å². The van der Waals surface area contributed by atoms with Crippen LogP contribution >= 0.6 is 11.6 Å². The number of carbonyl (C=O) groups excluding carboxylic acids is 1. The van der Waals surface area contributed by atoms with E-state index in [2.05, 4.69) is 5.32 Å². The number of methoxy groups -OCH3 is 1. The number of anilines is 1. The van der Waals surface area contributed by atoms with Crippen LogP contribution in [0.2, 0.25) is 5.02 Å². The van der Waals surface area contributed by atoms with E-state index in [1.54, 1.807) is 60.7 Å². The number of nitrogens with one attached hydrogen (secondary N) is 1. The van der Waals surface area contributed by atoms with Gasteiger partial charge < -0.3 is 10.1 Å². The fourth-order valence-electron chi connectivity index (χ4n) is 3.71. The predicted molar refractivity (Wildman–Crippen MR) is 126 cm³/mol. The van der Waals surface area contributed by atoms with E-state index in [1.807, 2.05) is 6.07 Å². The molecule has 4 rings (SSSR count). The Morgan fingerprint density at radius 1 is 0.969 bits per heavy atom. The minimum Gasteiger partial charge on any atom is -0.495 e. The Hall–Kier alpha value is -2.87. The lowest BCUT2D eigenvalue weighted by molar-refractivity contribution is 0.102. The number of hydrogen-bond donors (Lipinski definition) is 1. The molecule has 3 aromatic carbocycles. The second kappa shape index (κ2) is 9.32. The molecule has 6 nitrogen and oxygen atoms in total. The molecular weight excluding hydrogens is 448 g/mol. The molecule has 32 heavy (non-hydrogen) atoms. The van der Waals surface area contributed by atoms with E-state index in [-0.39, 0.29) is 10.8 Å². The van der Waals surface area contributed by atoms with Gasteiger partial charge in [0.05, 0.1) is 17.7 Å². The van der Waals surface area contributed by atoms with Crippen molar-refractivity contribution in [3.05, 3.63) is 77.3 Å². The number of ether oxygens (including phenoxy) is 1. The summed E-state index contributed by atoms with van der Waals surface area (Å²) >= 11 is 6.04. The third kappa shape index (κ3) is 4.65. The normalized spacial score (nSPS) is 14.3.